The first kappa shape index (κ1) is 14.6. The summed E-state index contributed by atoms with van der Waals surface area (Å²) in [5, 5.41) is 0. The summed E-state index contributed by atoms with van der Waals surface area (Å²) in [5.74, 6) is 2.28. The second kappa shape index (κ2) is 5.16. The molecule has 3 heterocycles. The summed E-state index contributed by atoms with van der Waals surface area (Å²) in [6.07, 6.45) is 0. The molecule has 0 aromatic carbocycles. The van der Waals surface area contributed by atoms with Crippen LogP contribution in [0.15, 0.2) is 12.1 Å². The van der Waals surface area contributed by atoms with Crippen molar-refractivity contribution in [2.75, 3.05) is 38.2 Å². The van der Waals surface area contributed by atoms with E-state index in [0.29, 0.717) is 17.4 Å². The lowest BCUT2D eigenvalue weighted by atomic mass is 9.72. The maximum Gasteiger partial charge on any atom is 0.218 e. The Bertz CT molecular complexity index is 513. The summed E-state index contributed by atoms with van der Waals surface area (Å²) in [6.45, 7) is 13.6. The van der Waals surface area contributed by atoms with Gasteiger partial charge in [0, 0.05) is 43.2 Å². The quantitative estimate of drug-likeness (QED) is 0.852. The first-order valence-electron chi connectivity index (χ1n) is 7.98. The minimum absolute atomic E-state index is 0.440. The van der Waals surface area contributed by atoms with Gasteiger partial charge < -0.3 is 9.64 Å². The number of aromatic nitrogens is 1. The third-order valence-corrected chi connectivity index (χ3v) is 4.87. The molecule has 0 radical (unpaired) electrons. The zero-order valence-electron chi connectivity index (χ0n) is 13.9. The van der Waals surface area contributed by atoms with Crippen molar-refractivity contribution in [1.29, 1.82) is 0 Å². The van der Waals surface area contributed by atoms with Gasteiger partial charge in [-0.2, -0.15) is 4.98 Å². The molecule has 2 aliphatic heterocycles. The smallest absolute Gasteiger partial charge is 0.218 e. The molecule has 0 unspecified atom stereocenters. The van der Waals surface area contributed by atoms with E-state index in [4.69, 9.17) is 9.72 Å². The second-order valence-electron chi connectivity index (χ2n) is 7.28. The standard InChI is InChI=1S/C17H27N3O/c1-12(2)14-6-7-15(18-16(14)21-5)20-10-17(11-20)8-19(9-17)13(3)4/h6-7,12-13H,8-11H2,1-5H3. The van der Waals surface area contributed by atoms with Crippen LogP contribution in [-0.4, -0.2) is 49.2 Å². The zero-order chi connectivity index (χ0) is 15.2. The maximum atomic E-state index is 5.46. The number of anilines is 1. The first-order valence-corrected chi connectivity index (χ1v) is 7.98. The van der Waals surface area contributed by atoms with E-state index in [1.54, 1.807) is 7.11 Å². The lowest BCUT2D eigenvalue weighted by Gasteiger charge is -2.61. The van der Waals surface area contributed by atoms with Gasteiger partial charge >= 0.3 is 0 Å². The van der Waals surface area contributed by atoms with Crippen LogP contribution in [0.1, 0.15) is 39.2 Å². The largest absolute Gasteiger partial charge is 0.481 e. The van der Waals surface area contributed by atoms with Gasteiger partial charge in [0.1, 0.15) is 5.82 Å². The van der Waals surface area contributed by atoms with E-state index in [1.165, 1.54) is 18.7 Å². The predicted octanol–water partition coefficient (Wildman–Crippen LogP) is 2.74. The molecule has 0 aliphatic carbocycles. The van der Waals surface area contributed by atoms with Crippen molar-refractivity contribution in [1.82, 2.24) is 9.88 Å². The van der Waals surface area contributed by atoms with Gasteiger partial charge in [-0.1, -0.05) is 13.8 Å². The van der Waals surface area contributed by atoms with Crippen LogP contribution in [0.5, 0.6) is 5.88 Å². The summed E-state index contributed by atoms with van der Waals surface area (Å²) in [5.41, 5.74) is 1.71. The van der Waals surface area contributed by atoms with Gasteiger partial charge in [0.25, 0.3) is 0 Å². The lowest BCUT2D eigenvalue weighted by Crippen LogP contribution is -2.73. The van der Waals surface area contributed by atoms with Gasteiger partial charge in [0.05, 0.1) is 7.11 Å². The van der Waals surface area contributed by atoms with Gasteiger partial charge in [-0.15, -0.1) is 0 Å². The number of hydrogen-bond donors (Lipinski definition) is 0. The van der Waals surface area contributed by atoms with Crippen molar-refractivity contribution < 1.29 is 4.74 Å². The molecule has 0 saturated carbocycles. The Balaban J connectivity index is 1.65. The van der Waals surface area contributed by atoms with Gasteiger partial charge in [0.2, 0.25) is 5.88 Å². The number of likely N-dealkylation sites (tertiary alicyclic amines) is 1. The van der Waals surface area contributed by atoms with E-state index < -0.39 is 0 Å². The molecule has 0 atom stereocenters. The summed E-state index contributed by atoms with van der Waals surface area (Å²) >= 11 is 0. The van der Waals surface area contributed by atoms with Crippen molar-refractivity contribution in [2.45, 2.75) is 39.7 Å². The number of ether oxygens (including phenoxy) is 1. The van der Waals surface area contributed by atoms with Crippen LogP contribution in [-0.2, 0) is 0 Å². The summed E-state index contributed by atoms with van der Waals surface area (Å²) in [7, 11) is 1.71. The summed E-state index contributed by atoms with van der Waals surface area (Å²) in [4.78, 5) is 9.63. The molecule has 3 rings (SSSR count). The van der Waals surface area contributed by atoms with Crippen molar-refractivity contribution in [3.05, 3.63) is 17.7 Å². The normalized spacial score (nSPS) is 20.8. The molecule has 0 amide bonds. The van der Waals surface area contributed by atoms with Crippen molar-refractivity contribution in [2.24, 2.45) is 5.41 Å². The highest BCUT2D eigenvalue weighted by molar-refractivity contribution is 5.48. The minimum atomic E-state index is 0.440. The Kier molecular flexibility index (Phi) is 3.60. The number of hydrogen-bond acceptors (Lipinski definition) is 4. The van der Waals surface area contributed by atoms with Crippen molar-refractivity contribution in [3.8, 4) is 5.88 Å². The maximum absolute atomic E-state index is 5.46. The molecule has 2 fully saturated rings. The van der Waals surface area contributed by atoms with Crippen molar-refractivity contribution in [3.63, 3.8) is 0 Å². The van der Waals surface area contributed by atoms with Crippen LogP contribution in [0.2, 0.25) is 0 Å². The van der Waals surface area contributed by atoms with Crippen LogP contribution in [0.4, 0.5) is 5.82 Å². The fraction of sp³-hybridized carbons (Fsp3) is 0.706. The predicted molar refractivity (Wildman–Crippen MR) is 86.2 cm³/mol. The van der Waals surface area contributed by atoms with E-state index >= 15 is 0 Å². The zero-order valence-corrected chi connectivity index (χ0v) is 13.9. The van der Waals surface area contributed by atoms with Crippen LogP contribution in [0.3, 0.4) is 0 Å². The van der Waals surface area contributed by atoms with Crippen LogP contribution in [0.25, 0.3) is 0 Å². The fourth-order valence-corrected chi connectivity index (χ4v) is 3.53. The number of nitrogens with zero attached hydrogens (tertiary/aromatic N) is 3. The second-order valence-corrected chi connectivity index (χ2v) is 7.28. The highest BCUT2D eigenvalue weighted by Gasteiger charge is 2.52. The van der Waals surface area contributed by atoms with Crippen LogP contribution < -0.4 is 9.64 Å². The Morgan fingerprint density at radius 2 is 1.76 bits per heavy atom. The summed E-state index contributed by atoms with van der Waals surface area (Å²) in [6, 6.07) is 4.98. The number of rotatable bonds is 4. The van der Waals surface area contributed by atoms with E-state index in [-0.39, 0.29) is 0 Å². The molecule has 21 heavy (non-hydrogen) atoms. The molecule has 1 aromatic rings. The number of pyridine rings is 1. The van der Waals surface area contributed by atoms with Gasteiger partial charge in [-0.05, 0) is 31.9 Å². The van der Waals surface area contributed by atoms with E-state index in [0.717, 1.165) is 24.8 Å². The SMILES string of the molecule is COc1nc(N2CC3(C2)CN(C(C)C)C3)ccc1C(C)C. The molecule has 2 aliphatic rings. The Labute approximate surface area is 128 Å². The monoisotopic (exact) mass is 289 g/mol. The van der Waals surface area contributed by atoms with Gasteiger partial charge in [-0.25, -0.2) is 0 Å². The molecular formula is C17H27N3O. The molecule has 0 bridgehead atoms. The van der Waals surface area contributed by atoms with Crippen LogP contribution >= 0.6 is 0 Å². The average Bonchev–Trinajstić information content (AvgIpc) is 2.34. The molecular weight excluding hydrogens is 262 g/mol. The number of methoxy groups -OCH3 is 1. The van der Waals surface area contributed by atoms with Gasteiger partial charge in [-0.3, -0.25) is 4.90 Å². The molecule has 1 aromatic heterocycles. The molecule has 4 heteroatoms. The average molecular weight is 289 g/mol. The first-order chi connectivity index (χ1) is 9.94. The van der Waals surface area contributed by atoms with Crippen molar-refractivity contribution >= 4 is 5.82 Å². The minimum Gasteiger partial charge on any atom is -0.481 e. The van der Waals surface area contributed by atoms with E-state index in [9.17, 15) is 0 Å². The highest BCUT2D eigenvalue weighted by Crippen LogP contribution is 2.42. The topological polar surface area (TPSA) is 28.6 Å². The molecule has 116 valence electrons. The highest BCUT2D eigenvalue weighted by atomic mass is 16.5. The van der Waals surface area contributed by atoms with E-state index in [1.807, 2.05) is 0 Å². The van der Waals surface area contributed by atoms with Gasteiger partial charge in [0.15, 0.2) is 0 Å². The molecule has 4 nitrogen and oxygen atoms in total. The Morgan fingerprint density at radius 3 is 2.29 bits per heavy atom. The molecule has 1 spiro atoms. The molecule has 0 N–H and O–H groups in total. The Hall–Kier alpha value is -1.29. The Morgan fingerprint density at radius 1 is 1.10 bits per heavy atom. The summed E-state index contributed by atoms with van der Waals surface area (Å²) < 4.78 is 5.46. The fourth-order valence-electron chi connectivity index (χ4n) is 3.53. The molecule has 2 saturated heterocycles. The third-order valence-electron chi connectivity index (χ3n) is 4.87. The third kappa shape index (κ3) is 2.50. The lowest BCUT2D eigenvalue weighted by molar-refractivity contribution is -0.0414. The van der Waals surface area contributed by atoms with E-state index in [2.05, 4.69) is 49.6 Å². The van der Waals surface area contributed by atoms with Crippen LogP contribution in [0, 0.1) is 5.41 Å².